The number of para-hydroxylation sites is 3. The number of rotatable bonds is 4. The van der Waals surface area contributed by atoms with Gasteiger partial charge in [0.1, 0.15) is 0 Å². The summed E-state index contributed by atoms with van der Waals surface area (Å²) in [7, 11) is 0. The summed E-state index contributed by atoms with van der Waals surface area (Å²) >= 11 is 0. The van der Waals surface area contributed by atoms with E-state index in [0.29, 0.717) is 30.0 Å². The molecule has 7 nitrogen and oxygen atoms in total. The number of anilines is 3. The Morgan fingerprint density at radius 3 is 2.00 bits per heavy atom. The number of imide groups is 1. The molecule has 0 radical (unpaired) electrons. The second kappa shape index (κ2) is 8.28. The maximum atomic E-state index is 13.3. The standard InChI is InChI=1S/C25H21N3O4/c29-23(26-20-10-4-6-12-22(20)27-13-15-32-16-14-27)19-9-3-5-11-21(19)28-24(30)17-7-1-2-8-18(17)25(28)31/h1-12H,13-16H2,(H,26,29). The normalized spacial score (nSPS) is 15.6. The number of hydrogen-bond acceptors (Lipinski definition) is 5. The fourth-order valence-corrected chi connectivity index (χ4v) is 4.12. The van der Waals surface area contributed by atoms with Crippen molar-refractivity contribution in [1.82, 2.24) is 0 Å². The maximum absolute atomic E-state index is 13.3. The lowest BCUT2D eigenvalue weighted by Crippen LogP contribution is -2.36. The van der Waals surface area contributed by atoms with Gasteiger partial charge in [-0.3, -0.25) is 14.4 Å². The molecular formula is C25H21N3O4. The van der Waals surface area contributed by atoms with Crippen LogP contribution < -0.4 is 15.1 Å². The minimum atomic E-state index is -0.431. The number of carbonyl (C=O) groups is 3. The highest BCUT2D eigenvalue weighted by Gasteiger charge is 2.38. The monoisotopic (exact) mass is 427 g/mol. The van der Waals surface area contributed by atoms with Crippen molar-refractivity contribution in [1.29, 1.82) is 0 Å². The second-order valence-electron chi connectivity index (χ2n) is 7.58. The van der Waals surface area contributed by atoms with Gasteiger partial charge in [-0.05, 0) is 36.4 Å². The number of benzene rings is 3. The van der Waals surface area contributed by atoms with Crippen molar-refractivity contribution in [3.05, 3.63) is 89.5 Å². The number of amides is 3. The Morgan fingerprint density at radius 1 is 0.750 bits per heavy atom. The number of ether oxygens (including phenoxy) is 1. The Labute approximate surface area is 185 Å². The number of morpholine rings is 1. The molecule has 0 bridgehead atoms. The zero-order valence-corrected chi connectivity index (χ0v) is 17.3. The molecule has 1 N–H and O–H groups in total. The van der Waals surface area contributed by atoms with E-state index in [1.54, 1.807) is 48.5 Å². The zero-order valence-electron chi connectivity index (χ0n) is 17.3. The van der Waals surface area contributed by atoms with Gasteiger partial charge in [-0.15, -0.1) is 0 Å². The van der Waals surface area contributed by atoms with Crippen molar-refractivity contribution in [3.63, 3.8) is 0 Å². The van der Waals surface area contributed by atoms with Crippen LogP contribution in [0.25, 0.3) is 0 Å². The van der Waals surface area contributed by atoms with E-state index in [0.717, 1.165) is 23.7 Å². The van der Waals surface area contributed by atoms with Crippen LogP contribution in [0.4, 0.5) is 17.1 Å². The van der Waals surface area contributed by atoms with Gasteiger partial charge in [0.2, 0.25) is 0 Å². The summed E-state index contributed by atoms with van der Waals surface area (Å²) in [5, 5.41) is 2.97. The van der Waals surface area contributed by atoms with Gasteiger partial charge < -0.3 is 15.0 Å². The third kappa shape index (κ3) is 3.42. The molecule has 0 unspecified atom stereocenters. The number of carbonyl (C=O) groups excluding carboxylic acids is 3. The van der Waals surface area contributed by atoms with E-state index in [9.17, 15) is 14.4 Å². The molecule has 3 aromatic rings. The molecule has 0 aromatic heterocycles. The zero-order chi connectivity index (χ0) is 22.1. The minimum Gasteiger partial charge on any atom is -0.378 e. The summed E-state index contributed by atoms with van der Waals surface area (Å²) < 4.78 is 5.43. The molecule has 2 aliphatic rings. The van der Waals surface area contributed by atoms with Crippen molar-refractivity contribution in [2.45, 2.75) is 0 Å². The Bertz CT molecular complexity index is 1180. The summed E-state index contributed by atoms with van der Waals surface area (Å²) in [6.45, 7) is 2.73. The Hall–Kier alpha value is -3.97. The third-order valence-electron chi connectivity index (χ3n) is 5.69. The number of nitrogens with zero attached hydrogens (tertiary/aromatic N) is 2. The first kappa shape index (κ1) is 20.0. The predicted octanol–water partition coefficient (Wildman–Crippen LogP) is 3.58. The molecule has 0 saturated carbocycles. The summed E-state index contributed by atoms with van der Waals surface area (Å²) in [6.07, 6.45) is 0. The fourth-order valence-electron chi connectivity index (χ4n) is 4.12. The smallest absolute Gasteiger partial charge is 0.266 e. The minimum absolute atomic E-state index is 0.249. The lowest BCUT2D eigenvalue weighted by molar-refractivity contribution is 0.0926. The molecule has 0 spiro atoms. The highest BCUT2D eigenvalue weighted by molar-refractivity contribution is 6.35. The summed E-state index contributed by atoms with van der Waals surface area (Å²) in [4.78, 5) is 42.5. The molecule has 7 heteroatoms. The summed E-state index contributed by atoms with van der Waals surface area (Å²) in [5.41, 5.74) is 2.76. The van der Waals surface area contributed by atoms with Gasteiger partial charge in [-0.2, -0.15) is 0 Å². The van der Waals surface area contributed by atoms with E-state index in [1.165, 1.54) is 0 Å². The van der Waals surface area contributed by atoms with E-state index >= 15 is 0 Å². The van der Waals surface area contributed by atoms with Crippen LogP contribution in [0, 0.1) is 0 Å². The quantitative estimate of drug-likeness (QED) is 0.644. The molecule has 0 aliphatic carbocycles. The largest absolute Gasteiger partial charge is 0.378 e. The van der Waals surface area contributed by atoms with Crippen LogP contribution in [-0.4, -0.2) is 44.0 Å². The topological polar surface area (TPSA) is 79.0 Å². The maximum Gasteiger partial charge on any atom is 0.266 e. The van der Waals surface area contributed by atoms with Crippen molar-refractivity contribution in [3.8, 4) is 0 Å². The number of hydrogen-bond donors (Lipinski definition) is 1. The van der Waals surface area contributed by atoms with Crippen molar-refractivity contribution in [2.75, 3.05) is 41.4 Å². The molecule has 3 aromatic carbocycles. The van der Waals surface area contributed by atoms with Gasteiger partial charge in [-0.1, -0.05) is 36.4 Å². The second-order valence-corrected chi connectivity index (χ2v) is 7.58. The van der Waals surface area contributed by atoms with E-state index in [4.69, 9.17) is 4.74 Å². The van der Waals surface area contributed by atoms with E-state index in [-0.39, 0.29) is 11.3 Å². The Balaban J connectivity index is 1.47. The van der Waals surface area contributed by atoms with Crippen molar-refractivity contribution >= 4 is 34.8 Å². The molecule has 3 amide bonds. The van der Waals surface area contributed by atoms with Crippen LogP contribution in [0.1, 0.15) is 31.1 Å². The summed E-state index contributed by atoms with van der Waals surface area (Å²) in [5.74, 6) is -1.25. The van der Waals surface area contributed by atoms with Crippen molar-refractivity contribution < 1.29 is 19.1 Å². The first-order valence-corrected chi connectivity index (χ1v) is 10.4. The van der Waals surface area contributed by atoms with Gasteiger partial charge in [0, 0.05) is 13.1 Å². The van der Waals surface area contributed by atoms with Gasteiger partial charge >= 0.3 is 0 Å². The third-order valence-corrected chi connectivity index (χ3v) is 5.69. The van der Waals surface area contributed by atoms with E-state index in [1.807, 2.05) is 24.3 Å². The lowest BCUT2D eigenvalue weighted by Gasteiger charge is -2.30. The molecule has 0 atom stereocenters. The number of fused-ring (bicyclic) bond motifs is 1. The van der Waals surface area contributed by atoms with Gasteiger partial charge in [0.15, 0.2) is 0 Å². The molecule has 1 fully saturated rings. The first-order chi connectivity index (χ1) is 15.6. The van der Waals surface area contributed by atoms with Gasteiger partial charge in [-0.25, -0.2) is 4.90 Å². The van der Waals surface area contributed by atoms with Crippen LogP contribution in [0.15, 0.2) is 72.8 Å². The van der Waals surface area contributed by atoms with E-state index < -0.39 is 17.7 Å². The van der Waals surface area contributed by atoms with Gasteiger partial charge in [0.25, 0.3) is 17.7 Å². The van der Waals surface area contributed by atoms with Crippen molar-refractivity contribution in [2.24, 2.45) is 0 Å². The van der Waals surface area contributed by atoms with Crippen LogP contribution in [-0.2, 0) is 4.74 Å². The van der Waals surface area contributed by atoms with Crippen LogP contribution >= 0.6 is 0 Å². The molecule has 32 heavy (non-hydrogen) atoms. The molecular weight excluding hydrogens is 406 g/mol. The molecule has 5 rings (SSSR count). The average molecular weight is 427 g/mol. The molecule has 1 saturated heterocycles. The van der Waals surface area contributed by atoms with Crippen LogP contribution in [0.3, 0.4) is 0 Å². The van der Waals surface area contributed by atoms with Crippen LogP contribution in [0.2, 0.25) is 0 Å². The summed E-state index contributed by atoms with van der Waals surface area (Å²) in [6, 6.07) is 20.9. The SMILES string of the molecule is O=C(Nc1ccccc1N1CCOCC1)c1ccccc1N1C(=O)c2ccccc2C1=O. The fraction of sp³-hybridized carbons (Fsp3) is 0.160. The Kier molecular flexibility index (Phi) is 5.17. The van der Waals surface area contributed by atoms with E-state index in [2.05, 4.69) is 10.2 Å². The highest BCUT2D eigenvalue weighted by Crippen LogP contribution is 2.32. The average Bonchev–Trinajstić information content (AvgIpc) is 3.10. The Morgan fingerprint density at radius 2 is 1.31 bits per heavy atom. The molecule has 2 aliphatic heterocycles. The highest BCUT2D eigenvalue weighted by atomic mass is 16.5. The number of nitrogens with one attached hydrogen (secondary N) is 1. The first-order valence-electron chi connectivity index (χ1n) is 10.4. The van der Waals surface area contributed by atoms with Gasteiger partial charge in [0.05, 0.1) is 47.0 Å². The molecule has 160 valence electrons. The lowest BCUT2D eigenvalue weighted by atomic mass is 10.1. The van der Waals surface area contributed by atoms with Crippen LogP contribution in [0.5, 0.6) is 0 Å². The predicted molar refractivity (Wildman–Crippen MR) is 121 cm³/mol. The molecule has 2 heterocycles.